The van der Waals surface area contributed by atoms with Crippen molar-refractivity contribution in [3.8, 4) is 0 Å². The van der Waals surface area contributed by atoms with Crippen molar-refractivity contribution in [1.82, 2.24) is 0 Å². The van der Waals surface area contributed by atoms with Crippen molar-refractivity contribution < 1.29 is 14.4 Å². The molecule has 0 aliphatic rings. The van der Waals surface area contributed by atoms with E-state index in [2.05, 4.69) is 0 Å². The monoisotopic (exact) mass is 276 g/mol. The first-order valence-corrected chi connectivity index (χ1v) is 8.00. The van der Waals surface area contributed by atoms with Gasteiger partial charge in [-0.05, 0) is 17.5 Å². The Hall–Kier alpha value is -1.41. The number of benzene rings is 2. The molecule has 4 heteroatoms. The summed E-state index contributed by atoms with van der Waals surface area (Å²) < 4.78 is 11.1. The maximum Gasteiger partial charge on any atom is 0.325 e. The summed E-state index contributed by atoms with van der Waals surface area (Å²) in [7, 11) is -3.96. The van der Waals surface area contributed by atoms with Crippen LogP contribution in [0.3, 0.4) is 0 Å². The van der Waals surface area contributed by atoms with E-state index in [4.69, 9.17) is 9.79 Å². The van der Waals surface area contributed by atoms with Gasteiger partial charge in [0, 0.05) is 5.92 Å². The lowest BCUT2D eigenvalue weighted by molar-refractivity contribution is 0.370. The van der Waals surface area contributed by atoms with E-state index in [1.165, 1.54) is 0 Å². The van der Waals surface area contributed by atoms with E-state index < -0.39 is 7.60 Å². The van der Waals surface area contributed by atoms with Crippen LogP contribution in [0.15, 0.2) is 60.7 Å². The summed E-state index contributed by atoms with van der Waals surface area (Å²) in [6, 6.07) is 19.7. The molecule has 0 amide bonds. The summed E-state index contributed by atoms with van der Waals surface area (Å²) in [5, 5.41) is 0. The predicted molar refractivity (Wildman–Crippen MR) is 76.3 cm³/mol. The minimum atomic E-state index is -3.96. The van der Waals surface area contributed by atoms with E-state index in [-0.39, 0.29) is 12.1 Å². The lowest BCUT2D eigenvalue weighted by Crippen LogP contribution is -2.04. The zero-order valence-corrected chi connectivity index (χ0v) is 11.4. The average molecular weight is 276 g/mol. The van der Waals surface area contributed by atoms with E-state index in [9.17, 15) is 4.57 Å². The van der Waals surface area contributed by atoms with Gasteiger partial charge in [-0.15, -0.1) is 0 Å². The summed E-state index contributed by atoms with van der Waals surface area (Å²) in [6.07, 6.45) is 0.347. The molecule has 0 aliphatic heterocycles. The summed E-state index contributed by atoms with van der Waals surface area (Å²) in [5.74, 6) is 0.0232. The molecule has 2 N–H and O–H groups in total. The van der Waals surface area contributed by atoms with Crippen LogP contribution < -0.4 is 0 Å². The van der Waals surface area contributed by atoms with Crippen LogP contribution in [0.25, 0.3) is 0 Å². The predicted octanol–water partition coefficient (Wildman–Crippen LogP) is 3.39. The van der Waals surface area contributed by atoms with E-state index >= 15 is 0 Å². The second kappa shape index (κ2) is 6.16. The third-order valence-electron chi connectivity index (χ3n) is 3.11. The Balaban J connectivity index is 2.27. The molecule has 0 aliphatic carbocycles. The molecule has 0 aromatic heterocycles. The molecule has 0 saturated carbocycles. The van der Waals surface area contributed by atoms with E-state index in [0.717, 1.165) is 11.1 Å². The SMILES string of the molecule is O=P(O)(O)CCC(c1ccccc1)c1ccccc1. The average Bonchev–Trinajstić information content (AvgIpc) is 2.40. The van der Waals surface area contributed by atoms with Gasteiger partial charge in [-0.3, -0.25) is 4.57 Å². The fourth-order valence-electron chi connectivity index (χ4n) is 2.19. The van der Waals surface area contributed by atoms with Crippen molar-refractivity contribution in [2.75, 3.05) is 6.16 Å². The molecule has 0 spiro atoms. The Kier molecular flexibility index (Phi) is 4.54. The fraction of sp³-hybridized carbons (Fsp3) is 0.200. The van der Waals surface area contributed by atoms with Crippen molar-refractivity contribution in [2.45, 2.75) is 12.3 Å². The third kappa shape index (κ3) is 4.32. The van der Waals surface area contributed by atoms with Crippen LogP contribution in [0.4, 0.5) is 0 Å². The maximum atomic E-state index is 11.1. The van der Waals surface area contributed by atoms with Crippen LogP contribution in [0.1, 0.15) is 23.5 Å². The summed E-state index contributed by atoms with van der Waals surface area (Å²) in [5.41, 5.74) is 2.17. The van der Waals surface area contributed by atoms with Gasteiger partial charge in [0.05, 0.1) is 6.16 Å². The molecule has 0 radical (unpaired) electrons. The summed E-state index contributed by atoms with van der Waals surface area (Å²) >= 11 is 0. The normalized spacial score (nSPS) is 11.7. The molecule has 100 valence electrons. The molecule has 0 unspecified atom stereocenters. The topological polar surface area (TPSA) is 57.5 Å². The Morgan fingerprint density at radius 1 is 0.842 bits per heavy atom. The van der Waals surface area contributed by atoms with Crippen LogP contribution in [-0.4, -0.2) is 15.9 Å². The Morgan fingerprint density at radius 3 is 1.63 bits per heavy atom. The zero-order chi connectivity index (χ0) is 13.7. The molecule has 0 bridgehead atoms. The van der Waals surface area contributed by atoms with Gasteiger partial charge in [-0.2, -0.15) is 0 Å². The quantitative estimate of drug-likeness (QED) is 0.823. The smallest absolute Gasteiger partial charge is 0.324 e. The highest BCUT2D eigenvalue weighted by molar-refractivity contribution is 7.51. The second-order valence-corrected chi connectivity index (χ2v) is 6.33. The second-order valence-electron chi connectivity index (χ2n) is 4.55. The highest BCUT2D eigenvalue weighted by atomic mass is 31.2. The van der Waals surface area contributed by atoms with Crippen LogP contribution in [0, 0.1) is 0 Å². The highest BCUT2D eigenvalue weighted by Crippen LogP contribution is 2.39. The van der Waals surface area contributed by atoms with Crippen molar-refractivity contribution in [1.29, 1.82) is 0 Å². The van der Waals surface area contributed by atoms with E-state index in [1.54, 1.807) is 0 Å². The number of rotatable bonds is 5. The van der Waals surface area contributed by atoms with Crippen LogP contribution in [-0.2, 0) is 4.57 Å². The van der Waals surface area contributed by atoms with Gasteiger partial charge < -0.3 is 9.79 Å². The van der Waals surface area contributed by atoms with Gasteiger partial charge in [0.1, 0.15) is 0 Å². The van der Waals surface area contributed by atoms with Crippen LogP contribution in [0.2, 0.25) is 0 Å². The number of hydrogen-bond acceptors (Lipinski definition) is 1. The minimum Gasteiger partial charge on any atom is -0.324 e. The van der Waals surface area contributed by atoms with Crippen molar-refractivity contribution in [3.63, 3.8) is 0 Å². The molecule has 3 nitrogen and oxygen atoms in total. The maximum absolute atomic E-state index is 11.1. The molecule has 0 heterocycles. The first-order chi connectivity index (χ1) is 9.06. The Labute approximate surface area is 113 Å². The molecule has 0 fully saturated rings. The van der Waals surface area contributed by atoms with Gasteiger partial charge >= 0.3 is 7.60 Å². The van der Waals surface area contributed by atoms with E-state index in [1.807, 2.05) is 60.7 Å². The fourth-order valence-corrected chi connectivity index (χ4v) is 2.79. The number of hydrogen-bond donors (Lipinski definition) is 2. The van der Waals surface area contributed by atoms with Gasteiger partial charge in [0.15, 0.2) is 0 Å². The first kappa shape index (κ1) is 14.0. The molecule has 2 aromatic carbocycles. The Morgan fingerprint density at radius 2 is 1.26 bits per heavy atom. The van der Waals surface area contributed by atoms with Gasteiger partial charge in [-0.1, -0.05) is 60.7 Å². The lowest BCUT2D eigenvalue weighted by atomic mass is 9.89. The van der Waals surface area contributed by atoms with E-state index in [0.29, 0.717) is 6.42 Å². The molecule has 0 saturated heterocycles. The third-order valence-corrected chi connectivity index (χ3v) is 3.95. The first-order valence-electron chi connectivity index (χ1n) is 6.21. The molecule has 0 atom stereocenters. The standard InChI is InChI=1S/C15H17O3P/c16-19(17,18)12-11-15(13-7-3-1-4-8-13)14-9-5-2-6-10-14/h1-10,15H,11-12H2,(H2,16,17,18). The molecule has 2 rings (SSSR count). The zero-order valence-electron chi connectivity index (χ0n) is 10.5. The Bertz CT molecular complexity index is 509. The highest BCUT2D eigenvalue weighted by Gasteiger charge is 2.19. The van der Waals surface area contributed by atoms with Crippen molar-refractivity contribution in [3.05, 3.63) is 71.8 Å². The lowest BCUT2D eigenvalue weighted by Gasteiger charge is -2.18. The molecular weight excluding hydrogens is 259 g/mol. The van der Waals surface area contributed by atoms with Gasteiger partial charge in [0.2, 0.25) is 0 Å². The van der Waals surface area contributed by atoms with Crippen molar-refractivity contribution in [2.24, 2.45) is 0 Å². The van der Waals surface area contributed by atoms with Crippen LogP contribution in [0.5, 0.6) is 0 Å². The molecular formula is C15H17O3P. The van der Waals surface area contributed by atoms with Gasteiger partial charge in [-0.25, -0.2) is 0 Å². The minimum absolute atomic E-state index is 0.0232. The molecule has 19 heavy (non-hydrogen) atoms. The summed E-state index contributed by atoms with van der Waals surface area (Å²) in [4.78, 5) is 18.1. The molecule has 2 aromatic rings. The largest absolute Gasteiger partial charge is 0.325 e. The van der Waals surface area contributed by atoms with Crippen molar-refractivity contribution >= 4 is 7.60 Å². The summed E-state index contributed by atoms with van der Waals surface area (Å²) in [6.45, 7) is 0. The van der Waals surface area contributed by atoms with Gasteiger partial charge in [0.25, 0.3) is 0 Å². The van der Waals surface area contributed by atoms with Crippen LogP contribution >= 0.6 is 7.60 Å².